The van der Waals surface area contributed by atoms with Gasteiger partial charge in [-0.1, -0.05) is 24.3 Å². The number of hydrogen-bond acceptors (Lipinski definition) is 4. The van der Waals surface area contributed by atoms with Gasteiger partial charge in [0.15, 0.2) is 0 Å². The molecule has 0 spiro atoms. The van der Waals surface area contributed by atoms with Crippen LogP contribution in [0.1, 0.15) is 16.1 Å². The van der Waals surface area contributed by atoms with Crippen LogP contribution in [0.15, 0.2) is 57.8 Å². The Labute approximate surface area is 132 Å². The van der Waals surface area contributed by atoms with Gasteiger partial charge in [-0.15, -0.1) is 11.8 Å². The van der Waals surface area contributed by atoms with Gasteiger partial charge >= 0.3 is 5.97 Å². The number of hydrogen-bond donors (Lipinski definition) is 2. The minimum absolute atomic E-state index is 0.00489. The Balaban J connectivity index is 1.92. The maximum atomic E-state index is 11.4. The highest BCUT2D eigenvalue weighted by molar-refractivity contribution is 7.98. The van der Waals surface area contributed by atoms with Gasteiger partial charge < -0.3 is 14.8 Å². The topological polar surface area (TPSA) is 62.5 Å². The Hall–Kier alpha value is -2.40. The molecule has 0 bridgehead atoms. The van der Waals surface area contributed by atoms with Crippen LogP contribution in [-0.2, 0) is 6.54 Å². The lowest BCUT2D eigenvalue weighted by molar-refractivity contribution is 0.0663. The van der Waals surface area contributed by atoms with E-state index >= 15 is 0 Å². The Morgan fingerprint density at radius 1 is 1.23 bits per heavy atom. The number of aromatic carboxylic acids is 1. The van der Waals surface area contributed by atoms with Gasteiger partial charge in [0.05, 0.1) is 0 Å². The molecular formula is C17H15NO3S. The van der Waals surface area contributed by atoms with Crippen LogP contribution < -0.4 is 5.32 Å². The summed E-state index contributed by atoms with van der Waals surface area (Å²) in [7, 11) is 0. The van der Waals surface area contributed by atoms with Crippen LogP contribution in [0.5, 0.6) is 0 Å². The number of anilines is 1. The lowest BCUT2D eigenvalue weighted by atomic mass is 10.1. The van der Waals surface area contributed by atoms with Crippen LogP contribution in [0, 0.1) is 0 Å². The average molecular weight is 313 g/mol. The summed E-state index contributed by atoms with van der Waals surface area (Å²) < 4.78 is 5.45. The molecule has 3 aromatic rings. The number of benzene rings is 2. The molecule has 0 aliphatic rings. The lowest BCUT2D eigenvalue weighted by Gasteiger charge is -2.07. The summed E-state index contributed by atoms with van der Waals surface area (Å²) >= 11 is 1.66. The molecule has 0 saturated heterocycles. The maximum absolute atomic E-state index is 11.4. The summed E-state index contributed by atoms with van der Waals surface area (Å²) in [6, 6.07) is 15.4. The van der Waals surface area contributed by atoms with Crippen LogP contribution >= 0.6 is 11.8 Å². The van der Waals surface area contributed by atoms with Crippen LogP contribution in [0.25, 0.3) is 11.0 Å². The van der Waals surface area contributed by atoms with E-state index in [4.69, 9.17) is 4.42 Å². The van der Waals surface area contributed by atoms with E-state index in [1.54, 1.807) is 17.8 Å². The number of para-hydroxylation sites is 1. The third-order valence-electron chi connectivity index (χ3n) is 3.43. The van der Waals surface area contributed by atoms with E-state index in [-0.39, 0.29) is 5.76 Å². The van der Waals surface area contributed by atoms with Gasteiger partial charge in [-0.2, -0.15) is 0 Å². The molecule has 1 heterocycles. The largest absolute Gasteiger partial charge is 0.475 e. The SMILES string of the molecule is CSc1cccc(NCc2c(C(=O)O)oc3ccccc23)c1. The molecule has 4 nitrogen and oxygen atoms in total. The fraction of sp³-hybridized carbons (Fsp3) is 0.118. The van der Waals surface area contributed by atoms with Gasteiger partial charge in [-0.05, 0) is 30.5 Å². The number of carbonyl (C=O) groups is 1. The maximum Gasteiger partial charge on any atom is 0.372 e. The molecule has 0 radical (unpaired) electrons. The predicted octanol–water partition coefficient (Wildman–Crippen LogP) is 4.47. The van der Waals surface area contributed by atoms with Crippen molar-refractivity contribution in [1.82, 2.24) is 0 Å². The van der Waals surface area contributed by atoms with Crippen molar-refractivity contribution >= 4 is 34.4 Å². The highest BCUT2D eigenvalue weighted by atomic mass is 32.2. The first-order valence-electron chi connectivity index (χ1n) is 6.80. The fourth-order valence-electron chi connectivity index (χ4n) is 2.37. The summed E-state index contributed by atoms with van der Waals surface area (Å²) in [4.78, 5) is 12.5. The van der Waals surface area contributed by atoms with Gasteiger partial charge in [0.2, 0.25) is 5.76 Å². The Bertz CT molecular complexity index is 826. The average Bonchev–Trinajstić information content (AvgIpc) is 2.92. The summed E-state index contributed by atoms with van der Waals surface area (Å²) in [5, 5.41) is 13.4. The summed E-state index contributed by atoms with van der Waals surface area (Å²) in [6.07, 6.45) is 2.02. The van der Waals surface area contributed by atoms with Crippen molar-refractivity contribution in [3.8, 4) is 0 Å². The lowest BCUT2D eigenvalue weighted by Crippen LogP contribution is -2.05. The number of rotatable bonds is 5. The molecule has 2 aromatic carbocycles. The van der Waals surface area contributed by atoms with E-state index in [2.05, 4.69) is 5.32 Å². The monoisotopic (exact) mass is 313 g/mol. The van der Waals surface area contributed by atoms with E-state index < -0.39 is 5.97 Å². The predicted molar refractivity (Wildman–Crippen MR) is 88.7 cm³/mol. The van der Waals surface area contributed by atoms with Crippen molar-refractivity contribution < 1.29 is 14.3 Å². The molecule has 0 atom stereocenters. The van der Waals surface area contributed by atoms with Gasteiger partial charge in [0, 0.05) is 28.1 Å². The third kappa shape index (κ3) is 2.80. The molecule has 5 heteroatoms. The number of nitrogens with one attached hydrogen (secondary N) is 1. The molecule has 112 valence electrons. The van der Waals surface area contributed by atoms with E-state index in [0.29, 0.717) is 17.7 Å². The van der Waals surface area contributed by atoms with Crippen LogP contribution in [0.4, 0.5) is 5.69 Å². The van der Waals surface area contributed by atoms with Crippen LogP contribution in [0.2, 0.25) is 0 Å². The van der Waals surface area contributed by atoms with Crippen molar-refractivity contribution in [2.24, 2.45) is 0 Å². The molecule has 0 saturated carbocycles. The highest BCUT2D eigenvalue weighted by Gasteiger charge is 2.19. The number of thioether (sulfide) groups is 1. The van der Waals surface area contributed by atoms with Gasteiger partial charge in [-0.3, -0.25) is 0 Å². The summed E-state index contributed by atoms with van der Waals surface area (Å²) in [5.41, 5.74) is 2.21. The molecule has 2 N–H and O–H groups in total. The molecule has 0 fully saturated rings. The number of carboxylic acids is 1. The molecule has 22 heavy (non-hydrogen) atoms. The van der Waals surface area contributed by atoms with Crippen LogP contribution in [-0.4, -0.2) is 17.3 Å². The second-order valence-corrected chi connectivity index (χ2v) is 5.68. The molecule has 0 aliphatic carbocycles. The molecule has 0 aliphatic heterocycles. The van der Waals surface area contributed by atoms with E-state index in [9.17, 15) is 9.90 Å². The van der Waals surface area contributed by atoms with E-state index in [1.165, 1.54) is 0 Å². The molecule has 1 aromatic heterocycles. The van der Waals surface area contributed by atoms with E-state index in [1.807, 2.05) is 48.7 Å². The zero-order valence-electron chi connectivity index (χ0n) is 12.0. The number of fused-ring (bicyclic) bond motifs is 1. The van der Waals surface area contributed by atoms with Crippen molar-refractivity contribution in [2.45, 2.75) is 11.4 Å². The standard InChI is InChI=1S/C17H15NO3S/c1-22-12-6-4-5-11(9-12)18-10-14-13-7-2-3-8-15(13)21-16(14)17(19)20/h2-9,18H,10H2,1H3,(H,19,20). The van der Waals surface area contributed by atoms with E-state index in [0.717, 1.165) is 16.0 Å². The first-order valence-corrected chi connectivity index (χ1v) is 8.03. The summed E-state index contributed by atoms with van der Waals surface area (Å²) in [6.45, 7) is 0.399. The van der Waals surface area contributed by atoms with Gasteiger partial charge in [0.25, 0.3) is 0 Å². The number of furan rings is 1. The van der Waals surface area contributed by atoms with Gasteiger partial charge in [0.1, 0.15) is 5.58 Å². The second kappa shape index (κ2) is 6.15. The normalized spacial score (nSPS) is 10.8. The van der Waals surface area contributed by atoms with Crippen molar-refractivity contribution in [3.05, 3.63) is 59.9 Å². The first-order chi connectivity index (χ1) is 10.7. The first kappa shape index (κ1) is 14.5. The zero-order chi connectivity index (χ0) is 15.5. The molecular weight excluding hydrogens is 298 g/mol. The van der Waals surface area contributed by atoms with Crippen molar-refractivity contribution in [3.63, 3.8) is 0 Å². The molecule has 3 rings (SSSR count). The quantitative estimate of drug-likeness (QED) is 0.681. The summed E-state index contributed by atoms with van der Waals surface area (Å²) in [5.74, 6) is -1.06. The highest BCUT2D eigenvalue weighted by Crippen LogP contribution is 2.27. The van der Waals surface area contributed by atoms with Crippen molar-refractivity contribution in [2.75, 3.05) is 11.6 Å². The van der Waals surface area contributed by atoms with Gasteiger partial charge in [-0.25, -0.2) is 4.79 Å². The minimum Gasteiger partial charge on any atom is -0.475 e. The Kier molecular flexibility index (Phi) is 4.06. The Morgan fingerprint density at radius 2 is 2.05 bits per heavy atom. The minimum atomic E-state index is -1.05. The fourth-order valence-corrected chi connectivity index (χ4v) is 2.83. The molecule has 0 unspecified atom stereocenters. The molecule has 0 amide bonds. The smallest absolute Gasteiger partial charge is 0.372 e. The Morgan fingerprint density at radius 3 is 2.82 bits per heavy atom. The van der Waals surface area contributed by atoms with Crippen molar-refractivity contribution in [1.29, 1.82) is 0 Å². The number of carboxylic acid groups (broad SMARTS) is 1. The third-order valence-corrected chi connectivity index (χ3v) is 4.16. The van der Waals surface area contributed by atoms with Crippen LogP contribution in [0.3, 0.4) is 0 Å². The second-order valence-electron chi connectivity index (χ2n) is 4.80. The zero-order valence-corrected chi connectivity index (χ0v) is 12.8.